The maximum absolute atomic E-state index is 8.76. The van der Waals surface area contributed by atoms with Crippen LogP contribution in [0.1, 0.15) is 0 Å². The summed E-state index contributed by atoms with van der Waals surface area (Å²) in [4.78, 5) is 0. The van der Waals surface area contributed by atoms with Crippen LogP contribution >= 0.6 is 22.2 Å². The van der Waals surface area contributed by atoms with E-state index in [0.717, 1.165) is 0 Å². The first-order chi connectivity index (χ1) is 3.63. The van der Waals surface area contributed by atoms with Crippen molar-refractivity contribution < 1.29 is 9.11 Å². The first kappa shape index (κ1) is 6.16. The number of hydrogen-bond donors (Lipinski definition) is 2. The van der Waals surface area contributed by atoms with Gasteiger partial charge < -0.3 is 0 Å². The predicted molar refractivity (Wildman–Crippen MR) is 34.6 cm³/mol. The largest absolute Gasteiger partial charge is 0.289 e. The van der Waals surface area contributed by atoms with E-state index in [1.54, 1.807) is 0 Å². The molecule has 1 aliphatic rings. The quantitative estimate of drug-likeness (QED) is 0.557. The summed E-state index contributed by atoms with van der Waals surface area (Å²) in [6.45, 7) is 0. The molecule has 0 aliphatic carbocycles. The molecule has 1 radical (unpaired) electrons. The Balaban J connectivity index is 2.87. The maximum atomic E-state index is 8.76. The van der Waals surface area contributed by atoms with Crippen LogP contribution in [0.15, 0.2) is 16.5 Å². The summed E-state index contributed by atoms with van der Waals surface area (Å²) in [5.41, 5.74) is 0. The zero-order chi connectivity index (χ0) is 6.20. The van der Waals surface area contributed by atoms with Crippen molar-refractivity contribution in [2.45, 2.75) is 0 Å². The zero-order valence-corrected chi connectivity index (χ0v) is 5.41. The zero-order valence-electron chi connectivity index (χ0n) is 3.84. The molecule has 0 unspecified atom stereocenters. The van der Waals surface area contributed by atoms with Gasteiger partial charge in [-0.05, 0) is 12.2 Å². The minimum atomic E-state index is -2.80. The molecule has 0 saturated heterocycles. The molecule has 0 aromatic rings. The van der Waals surface area contributed by atoms with Crippen molar-refractivity contribution in [2.75, 3.05) is 0 Å². The van der Waals surface area contributed by atoms with E-state index in [-0.39, 0.29) is 4.36 Å². The van der Waals surface area contributed by atoms with Crippen LogP contribution in [-0.4, -0.2) is 9.11 Å². The fourth-order valence-corrected chi connectivity index (χ4v) is 1.17. The standard InChI is InChI=1S/C4H4ClO2S/c5-4-2-1-3-8(4,6)7/h1-2,6-7H. The van der Waals surface area contributed by atoms with Gasteiger partial charge in [-0.25, -0.2) is 0 Å². The molecular weight excluding hydrogens is 148 g/mol. The second-order valence-corrected chi connectivity index (χ2v) is 3.71. The van der Waals surface area contributed by atoms with E-state index in [2.05, 4.69) is 5.41 Å². The molecular formula is C4H4ClO2S. The molecule has 0 saturated carbocycles. The van der Waals surface area contributed by atoms with Crippen molar-refractivity contribution in [3.05, 3.63) is 21.9 Å². The fourth-order valence-electron chi connectivity index (χ4n) is 0.346. The Bertz CT molecular complexity index is 161. The number of rotatable bonds is 0. The summed E-state index contributed by atoms with van der Waals surface area (Å²) in [5.74, 6) is 0. The molecule has 4 heteroatoms. The van der Waals surface area contributed by atoms with Gasteiger partial charge in [0.05, 0.1) is 5.41 Å². The van der Waals surface area contributed by atoms with Crippen molar-refractivity contribution in [1.82, 2.24) is 0 Å². The van der Waals surface area contributed by atoms with Crippen molar-refractivity contribution in [3.63, 3.8) is 0 Å². The van der Waals surface area contributed by atoms with Gasteiger partial charge in [-0.15, -0.1) is 10.6 Å². The van der Waals surface area contributed by atoms with Crippen LogP contribution in [0.4, 0.5) is 0 Å². The molecule has 45 valence electrons. The van der Waals surface area contributed by atoms with E-state index >= 15 is 0 Å². The highest BCUT2D eigenvalue weighted by atomic mass is 35.5. The third kappa shape index (κ3) is 0.902. The lowest BCUT2D eigenvalue weighted by atomic mass is 10.6. The molecule has 1 rings (SSSR count). The van der Waals surface area contributed by atoms with Gasteiger partial charge in [0, 0.05) is 0 Å². The van der Waals surface area contributed by atoms with E-state index in [9.17, 15) is 0 Å². The first-order valence-corrected chi connectivity index (χ1v) is 3.80. The summed E-state index contributed by atoms with van der Waals surface area (Å²) in [7, 11) is -2.80. The smallest absolute Gasteiger partial charge is 0.129 e. The molecule has 8 heavy (non-hydrogen) atoms. The molecule has 2 N–H and O–H groups in total. The van der Waals surface area contributed by atoms with Crippen LogP contribution in [0.5, 0.6) is 0 Å². The lowest BCUT2D eigenvalue weighted by molar-refractivity contribution is 0.509. The third-order valence-electron chi connectivity index (χ3n) is 0.719. The lowest BCUT2D eigenvalue weighted by Crippen LogP contribution is -1.87. The monoisotopic (exact) mass is 151 g/mol. The van der Waals surface area contributed by atoms with Gasteiger partial charge in [0.25, 0.3) is 0 Å². The van der Waals surface area contributed by atoms with Crippen LogP contribution in [0.25, 0.3) is 0 Å². The third-order valence-corrected chi connectivity index (χ3v) is 2.63. The summed E-state index contributed by atoms with van der Waals surface area (Å²) >= 11 is 5.31. The van der Waals surface area contributed by atoms with Crippen LogP contribution in [0.3, 0.4) is 0 Å². The first-order valence-electron chi connectivity index (χ1n) is 1.87. The van der Waals surface area contributed by atoms with Gasteiger partial charge in [0.15, 0.2) is 0 Å². The summed E-state index contributed by atoms with van der Waals surface area (Å²) in [6.07, 6.45) is 2.81. The molecule has 0 spiro atoms. The Morgan fingerprint density at radius 2 is 2.25 bits per heavy atom. The van der Waals surface area contributed by atoms with Crippen molar-refractivity contribution in [2.24, 2.45) is 0 Å². The Morgan fingerprint density at radius 1 is 1.62 bits per heavy atom. The number of hydrogen-bond acceptors (Lipinski definition) is 2. The van der Waals surface area contributed by atoms with E-state index in [1.807, 2.05) is 0 Å². The van der Waals surface area contributed by atoms with Gasteiger partial charge in [0.2, 0.25) is 0 Å². The highest BCUT2D eigenvalue weighted by Crippen LogP contribution is 2.53. The Kier molecular flexibility index (Phi) is 1.37. The van der Waals surface area contributed by atoms with Gasteiger partial charge >= 0.3 is 0 Å². The predicted octanol–water partition coefficient (Wildman–Crippen LogP) is 2.15. The molecule has 1 aliphatic heterocycles. The Hall–Kier alpha value is 0.0400. The summed E-state index contributed by atoms with van der Waals surface area (Å²) in [6, 6.07) is 0. The molecule has 0 atom stereocenters. The van der Waals surface area contributed by atoms with Gasteiger partial charge in [0.1, 0.15) is 4.36 Å². The van der Waals surface area contributed by atoms with E-state index in [1.165, 1.54) is 12.2 Å². The average Bonchev–Trinajstić information content (AvgIpc) is 1.86. The van der Waals surface area contributed by atoms with Gasteiger partial charge in [-0.1, -0.05) is 11.6 Å². The highest BCUT2D eigenvalue weighted by Gasteiger charge is 2.16. The van der Waals surface area contributed by atoms with Crippen molar-refractivity contribution >= 4 is 22.2 Å². The second kappa shape index (κ2) is 1.77. The second-order valence-electron chi connectivity index (χ2n) is 1.30. The van der Waals surface area contributed by atoms with E-state index < -0.39 is 10.6 Å². The minimum absolute atomic E-state index is 0.0671. The molecule has 0 fully saturated rings. The maximum Gasteiger partial charge on any atom is 0.129 e. The highest BCUT2D eigenvalue weighted by molar-refractivity contribution is 8.30. The van der Waals surface area contributed by atoms with E-state index in [0.29, 0.717) is 0 Å². The molecule has 0 amide bonds. The summed E-state index contributed by atoms with van der Waals surface area (Å²) in [5, 5.41) is 2.29. The summed E-state index contributed by atoms with van der Waals surface area (Å²) < 4.78 is 17.6. The van der Waals surface area contributed by atoms with Gasteiger partial charge in [-0.2, -0.15) is 0 Å². The Morgan fingerprint density at radius 3 is 2.38 bits per heavy atom. The van der Waals surface area contributed by atoms with Crippen molar-refractivity contribution in [1.29, 1.82) is 0 Å². The molecule has 0 bridgehead atoms. The molecule has 0 aromatic heterocycles. The minimum Gasteiger partial charge on any atom is -0.289 e. The molecule has 0 aromatic carbocycles. The molecule has 1 heterocycles. The van der Waals surface area contributed by atoms with E-state index in [4.69, 9.17) is 20.7 Å². The number of allylic oxidation sites excluding steroid dienone is 2. The van der Waals surface area contributed by atoms with Crippen molar-refractivity contribution in [3.8, 4) is 0 Å². The fraction of sp³-hybridized carbons (Fsp3) is 0. The molecule has 2 nitrogen and oxygen atoms in total. The lowest BCUT2D eigenvalue weighted by Gasteiger charge is -2.21. The average molecular weight is 152 g/mol. The van der Waals surface area contributed by atoms with Crippen LogP contribution in [-0.2, 0) is 0 Å². The topological polar surface area (TPSA) is 40.5 Å². The normalized spacial score (nSPS) is 27.6. The van der Waals surface area contributed by atoms with Crippen LogP contribution in [0.2, 0.25) is 0 Å². The number of halogens is 1. The van der Waals surface area contributed by atoms with Gasteiger partial charge in [-0.3, -0.25) is 9.11 Å². The SMILES string of the molecule is OS1(O)[C]=CC=C1Cl. The van der Waals surface area contributed by atoms with Crippen LogP contribution < -0.4 is 0 Å². The van der Waals surface area contributed by atoms with Crippen LogP contribution in [0, 0.1) is 5.41 Å². The Labute approximate surface area is 53.8 Å².